The van der Waals surface area contributed by atoms with Gasteiger partial charge in [-0.3, -0.25) is 4.79 Å². The maximum atomic E-state index is 12.5. The third-order valence-electron chi connectivity index (χ3n) is 3.63. The molecule has 0 fully saturated rings. The number of carbonyl (C=O) groups is 1. The maximum absolute atomic E-state index is 12.5. The summed E-state index contributed by atoms with van der Waals surface area (Å²) >= 11 is 3.44. The molecule has 3 rings (SSSR count). The van der Waals surface area contributed by atoms with Gasteiger partial charge in [0.15, 0.2) is 0 Å². The normalized spacial score (nSPS) is 16.8. The molecule has 1 aliphatic rings. The Morgan fingerprint density at radius 1 is 1.29 bits per heavy atom. The van der Waals surface area contributed by atoms with Crippen LogP contribution < -0.4 is 10.1 Å². The first kappa shape index (κ1) is 14.1. The van der Waals surface area contributed by atoms with Crippen molar-refractivity contribution in [1.29, 1.82) is 0 Å². The number of benzene rings is 2. The van der Waals surface area contributed by atoms with E-state index in [1.54, 1.807) is 0 Å². The van der Waals surface area contributed by atoms with Gasteiger partial charge in [0.1, 0.15) is 5.75 Å². The number of nitrogens with one attached hydrogen (secondary N) is 1. The van der Waals surface area contributed by atoms with Crippen LogP contribution in [0.3, 0.4) is 0 Å². The quantitative estimate of drug-likeness (QED) is 0.892. The molecule has 0 radical (unpaired) electrons. The first-order valence-electron chi connectivity index (χ1n) is 6.94. The van der Waals surface area contributed by atoms with Crippen LogP contribution in [0, 0.1) is 6.92 Å². The summed E-state index contributed by atoms with van der Waals surface area (Å²) in [6.45, 7) is 2.60. The standard InChI is InChI=1S/C17H16BrNO2/c1-11-6-7-14(18)13(10-11)17(20)19-15-8-9-21-16-5-3-2-4-12(15)16/h2-7,10,15H,8-9H2,1H3,(H,19,20). The first-order chi connectivity index (χ1) is 10.1. The van der Waals surface area contributed by atoms with E-state index in [1.807, 2.05) is 49.4 Å². The van der Waals surface area contributed by atoms with Crippen molar-refractivity contribution in [2.75, 3.05) is 6.61 Å². The number of carbonyl (C=O) groups excluding carboxylic acids is 1. The molecule has 1 heterocycles. The first-order valence-corrected chi connectivity index (χ1v) is 7.73. The van der Waals surface area contributed by atoms with Crippen molar-refractivity contribution in [1.82, 2.24) is 5.32 Å². The Labute approximate surface area is 132 Å². The Hall–Kier alpha value is -1.81. The second-order valence-electron chi connectivity index (χ2n) is 5.18. The van der Waals surface area contributed by atoms with Crippen LogP contribution in [0.5, 0.6) is 5.75 Å². The Morgan fingerprint density at radius 3 is 2.95 bits per heavy atom. The van der Waals surface area contributed by atoms with E-state index in [0.717, 1.165) is 27.8 Å². The zero-order valence-corrected chi connectivity index (χ0v) is 13.3. The molecule has 0 aromatic heterocycles. The predicted octanol–water partition coefficient (Wildman–Crippen LogP) is 4.01. The number of aryl methyl sites for hydroxylation is 1. The van der Waals surface area contributed by atoms with Crippen molar-refractivity contribution in [3.63, 3.8) is 0 Å². The highest BCUT2D eigenvalue weighted by atomic mass is 79.9. The number of amides is 1. The van der Waals surface area contributed by atoms with Gasteiger partial charge in [-0.15, -0.1) is 0 Å². The van der Waals surface area contributed by atoms with Crippen LogP contribution in [-0.4, -0.2) is 12.5 Å². The topological polar surface area (TPSA) is 38.3 Å². The molecule has 1 atom stereocenters. The third-order valence-corrected chi connectivity index (χ3v) is 4.32. The van der Waals surface area contributed by atoms with Crippen LogP contribution >= 0.6 is 15.9 Å². The summed E-state index contributed by atoms with van der Waals surface area (Å²) in [5, 5.41) is 3.11. The number of halogens is 1. The Balaban J connectivity index is 1.84. The summed E-state index contributed by atoms with van der Waals surface area (Å²) in [4.78, 5) is 12.5. The smallest absolute Gasteiger partial charge is 0.252 e. The van der Waals surface area contributed by atoms with Crippen molar-refractivity contribution in [2.45, 2.75) is 19.4 Å². The van der Waals surface area contributed by atoms with Crippen LogP contribution in [0.4, 0.5) is 0 Å². The SMILES string of the molecule is Cc1ccc(Br)c(C(=O)NC2CCOc3ccccc32)c1. The van der Waals surface area contributed by atoms with Crippen LogP contribution in [0.15, 0.2) is 46.9 Å². The molecule has 3 nitrogen and oxygen atoms in total. The fourth-order valence-electron chi connectivity index (χ4n) is 2.54. The number of fused-ring (bicyclic) bond motifs is 1. The minimum absolute atomic E-state index is 0.00476. The lowest BCUT2D eigenvalue weighted by Crippen LogP contribution is -2.32. The second kappa shape index (κ2) is 5.90. The summed E-state index contributed by atoms with van der Waals surface area (Å²) in [5.74, 6) is 0.796. The number of ether oxygens (including phenoxy) is 1. The Morgan fingerprint density at radius 2 is 2.10 bits per heavy atom. The zero-order chi connectivity index (χ0) is 14.8. The molecule has 1 N–H and O–H groups in total. The summed E-state index contributed by atoms with van der Waals surface area (Å²) in [6, 6.07) is 13.6. The second-order valence-corrected chi connectivity index (χ2v) is 6.04. The fraction of sp³-hybridized carbons (Fsp3) is 0.235. The monoisotopic (exact) mass is 345 g/mol. The van der Waals surface area contributed by atoms with Crippen molar-refractivity contribution < 1.29 is 9.53 Å². The number of hydrogen-bond donors (Lipinski definition) is 1. The zero-order valence-electron chi connectivity index (χ0n) is 11.7. The summed E-state index contributed by atoms with van der Waals surface area (Å²) in [7, 11) is 0. The van der Waals surface area contributed by atoms with Gasteiger partial charge in [0.05, 0.1) is 18.2 Å². The molecule has 0 bridgehead atoms. The van der Waals surface area contributed by atoms with Crippen molar-refractivity contribution in [3.8, 4) is 5.75 Å². The van der Waals surface area contributed by atoms with E-state index in [2.05, 4.69) is 21.2 Å². The van der Waals surface area contributed by atoms with E-state index >= 15 is 0 Å². The molecule has 0 aliphatic carbocycles. The van der Waals surface area contributed by atoms with Gasteiger partial charge in [-0.1, -0.05) is 29.8 Å². The van der Waals surface area contributed by atoms with Gasteiger partial charge in [0, 0.05) is 16.5 Å². The van der Waals surface area contributed by atoms with Crippen LogP contribution in [-0.2, 0) is 0 Å². The molecule has 0 saturated carbocycles. The van der Waals surface area contributed by atoms with Gasteiger partial charge in [0.2, 0.25) is 0 Å². The highest BCUT2D eigenvalue weighted by Crippen LogP contribution is 2.32. The Bertz CT molecular complexity index is 684. The molecule has 1 unspecified atom stereocenters. The summed E-state index contributed by atoms with van der Waals surface area (Å²) in [6.07, 6.45) is 0.784. The van der Waals surface area contributed by atoms with Gasteiger partial charge in [0.25, 0.3) is 5.91 Å². The van der Waals surface area contributed by atoms with Crippen molar-refractivity contribution >= 4 is 21.8 Å². The summed E-state index contributed by atoms with van der Waals surface area (Å²) < 4.78 is 6.43. The van der Waals surface area contributed by atoms with Crippen molar-refractivity contribution in [3.05, 3.63) is 63.6 Å². The molecule has 1 amide bonds. The van der Waals surface area contributed by atoms with Gasteiger partial charge < -0.3 is 10.1 Å². The average Bonchev–Trinajstić information content (AvgIpc) is 2.50. The van der Waals surface area contributed by atoms with Gasteiger partial charge in [-0.25, -0.2) is 0 Å². The van der Waals surface area contributed by atoms with Crippen molar-refractivity contribution in [2.24, 2.45) is 0 Å². The van der Waals surface area contributed by atoms with E-state index in [4.69, 9.17) is 4.74 Å². The minimum atomic E-state index is -0.0627. The highest BCUT2D eigenvalue weighted by Gasteiger charge is 2.23. The molecular formula is C17H16BrNO2. The predicted molar refractivity (Wildman–Crippen MR) is 85.6 cm³/mol. The summed E-state index contributed by atoms with van der Waals surface area (Å²) in [5.41, 5.74) is 2.77. The molecular weight excluding hydrogens is 330 g/mol. The fourth-order valence-corrected chi connectivity index (χ4v) is 2.97. The highest BCUT2D eigenvalue weighted by molar-refractivity contribution is 9.10. The van der Waals surface area contributed by atoms with E-state index < -0.39 is 0 Å². The molecule has 2 aromatic carbocycles. The number of hydrogen-bond acceptors (Lipinski definition) is 2. The number of para-hydroxylation sites is 1. The van der Waals surface area contributed by atoms with Crippen LogP contribution in [0.2, 0.25) is 0 Å². The third kappa shape index (κ3) is 2.95. The maximum Gasteiger partial charge on any atom is 0.252 e. The van der Waals surface area contributed by atoms with Crippen LogP contribution in [0.1, 0.15) is 33.9 Å². The molecule has 2 aromatic rings. The molecule has 1 aliphatic heterocycles. The van der Waals surface area contributed by atoms with E-state index in [-0.39, 0.29) is 11.9 Å². The molecule has 108 valence electrons. The average molecular weight is 346 g/mol. The Kier molecular flexibility index (Phi) is 3.97. The largest absolute Gasteiger partial charge is 0.493 e. The van der Waals surface area contributed by atoms with E-state index in [1.165, 1.54) is 0 Å². The molecule has 0 saturated heterocycles. The molecule has 4 heteroatoms. The molecule has 21 heavy (non-hydrogen) atoms. The lowest BCUT2D eigenvalue weighted by atomic mass is 10.00. The van der Waals surface area contributed by atoms with Gasteiger partial charge in [-0.05, 0) is 41.1 Å². The van der Waals surface area contributed by atoms with Gasteiger partial charge >= 0.3 is 0 Å². The lowest BCUT2D eigenvalue weighted by molar-refractivity contribution is 0.0924. The molecule has 0 spiro atoms. The van der Waals surface area contributed by atoms with Gasteiger partial charge in [-0.2, -0.15) is 0 Å². The van der Waals surface area contributed by atoms with Crippen LogP contribution in [0.25, 0.3) is 0 Å². The number of rotatable bonds is 2. The van der Waals surface area contributed by atoms with E-state index in [9.17, 15) is 4.79 Å². The van der Waals surface area contributed by atoms with E-state index in [0.29, 0.717) is 12.2 Å². The minimum Gasteiger partial charge on any atom is -0.493 e. The lowest BCUT2D eigenvalue weighted by Gasteiger charge is -2.26.